The molecule has 0 bridgehead atoms. The Kier molecular flexibility index (Phi) is 7.29. The summed E-state index contributed by atoms with van der Waals surface area (Å²) in [5, 5.41) is 0.242. The Hall–Kier alpha value is -1.56. The van der Waals surface area contributed by atoms with E-state index >= 15 is 0 Å². The van der Waals surface area contributed by atoms with Gasteiger partial charge in [-0.15, -0.1) is 0 Å². The maximum Gasteiger partial charge on any atom is 0.410 e. The number of amides is 1. The normalized spacial score (nSPS) is 15.9. The molecule has 0 saturated carbocycles. The van der Waals surface area contributed by atoms with Crippen LogP contribution in [0.4, 0.5) is 4.79 Å². The van der Waals surface area contributed by atoms with Crippen molar-refractivity contribution in [3.05, 3.63) is 30.1 Å². The van der Waals surface area contributed by atoms with Crippen molar-refractivity contribution in [3.63, 3.8) is 0 Å². The largest absolute Gasteiger partial charge is 0.444 e. The van der Waals surface area contributed by atoms with Crippen molar-refractivity contribution in [3.8, 4) is 0 Å². The van der Waals surface area contributed by atoms with E-state index in [1.54, 1.807) is 17.3 Å². The van der Waals surface area contributed by atoms with Gasteiger partial charge < -0.3 is 9.64 Å². The first-order valence-corrected chi connectivity index (χ1v) is 9.84. The van der Waals surface area contributed by atoms with E-state index in [2.05, 4.69) is 4.98 Å². The average Bonchev–Trinajstić information content (AvgIpc) is 2.58. The molecule has 0 aliphatic carbocycles. The van der Waals surface area contributed by atoms with Crippen LogP contribution < -0.4 is 0 Å². The highest BCUT2D eigenvalue weighted by Gasteiger charge is 2.27. The zero-order valence-corrected chi connectivity index (χ0v) is 16.2. The molecular weight excluding hydrogens is 336 g/mol. The molecule has 25 heavy (non-hydrogen) atoms. The fraction of sp³-hybridized carbons (Fsp3) is 0.632. The first-order chi connectivity index (χ1) is 11.8. The Balaban J connectivity index is 1.63. The molecule has 1 aromatic rings. The number of piperidine rings is 1. The number of carbonyl (C=O) groups excluding carboxylic acids is 2. The predicted molar refractivity (Wildman–Crippen MR) is 101 cm³/mol. The number of carbonyl (C=O) groups is 2. The molecule has 0 spiro atoms. The molecule has 1 aliphatic rings. The van der Waals surface area contributed by atoms with E-state index in [0.717, 1.165) is 30.6 Å². The molecule has 1 aliphatic heterocycles. The molecule has 1 amide bonds. The minimum atomic E-state index is -0.453. The van der Waals surface area contributed by atoms with Crippen molar-refractivity contribution in [2.24, 2.45) is 5.92 Å². The van der Waals surface area contributed by atoms with Gasteiger partial charge in [-0.1, -0.05) is 11.8 Å². The van der Waals surface area contributed by atoms with E-state index in [9.17, 15) is 9.59 Å². The predicted octanol–water partition coefficient (Wildman–Crippen LogP) is 3.92. The lowest BCUT2D eigenvalue weighted by Gasteiger charge is -2.33. The molecule has 0 aromatic carbocycles. The Morgan fingerprint density at radius 1 is 1.24 bits per heavy atom. The summed E-state index contributed by atoms with van der Waals surface area (Å²) in [6.45, 7) is 7.07. The van der Waals surface area contributed by atoms with Crippen molar-refractivity contribution >= 4 is 23.0 Å². The maximum absolute atomic E-state index is 12.1. The molecule has 2 heterocycles. The number of thioether (sulfide) groups is 1. The van der Waals surface area contributed by atoms with Crippen LogP contribution in [-0.2, 0) is 16.0 Å². The van der Waals surface area contributed by atoms with Crippen LogP contribution in [0.2, 0.25) is 0 Å². The monoisotopic (exact) mass is 364 g/mol. The molecule has 2 rings (SSSR count). The standard InChI is InChI=1S/C19H28N2O3S/c1-19(2,3)24-18(23)21-12-8-16(9-13-21)14-25-17(22)5-4-15-6-10-20-11-7-15/h6-7,10-11,16H,4-5,8-9,12-14H2,1-3H3. The van der Waals surface area contributed by atoms with E-state index in [-0.39, 0.29) is 11.2 Å². The Bertz CT molecular complexity index is 564. The molecule has 1 aromatic heterocycles. The van der Waals surface area contributed by atoms with E-state index in [1.807, 2.05) is 32.9 Å². The summed E-state index contributed by atoms with van der Waals surface area (Å²) < 4.78 is 5.41. The molecule has 1 saturated heterocycles. The Morgan fingerprint density at radius 2 is 1.88 bits per heavy atom. The zero-order valence-electron chi connectivity index (χ0n) is 15.4. The van der Waals surface area contributed by atoms with Gasteiger partial charge in [0.1, 0.15) is 5.60 Å². The lowest BCUT2D eigenvalue weighted by atomic mass is 9.99. The van der Waals surface area contributed by atoms with E-state index in [0.29, 0.717) is 25.4 Å². The first-order valence-electron chi connectivity index (χ1n) is 8.86. The topological polar surface area (TPSA) is 59.5 Å². The van der Waals surface area contributed by atoms with Gasteiger partial charge in [-0.2, -0.15) is 0 Å². The molecule has 0 atom stereocenters. The Morgan fingerprint density at radius 3 is 2.48 bits per heavy atom. The SMILES string of the molecule is CC(C)(C)OC(=O)N1CCC(CSC(=O)CCc2ccncc2)CC1. The quantitative estimate of drug-likeness (QED) is 0.792. The van der Waals surface area contributed by atoms with Crippen molar-refractivity contribution < 1.29 is 14.3 Å². The van der Waals surface area contributed by atoms with Crippen LogP contribution in [0.25, 0.3) is 0 Å². The second-order valence-electron chi connectivity index (χ2n) is 7.45. The zero-order chi connectivity index (χ0) is 18.3. The number of aryl methyl sites for hydroxylation is 1. The summed E-state index contributed by atoms with van der Waals surface area (Å²) in [7, 11) is 0. The third kappa shape index (κ3) is 7.46. The van der Waals surface area contributed by atoms with Gasteiger partial charge in [0.15, 0.2) is 5.12 Å². The van der Waals surface area contributed by atoms with Gasteiger partial charge in [0.25, 0.3) is 0 Å². The molecular formula is C19H28N2O3S. The fourth-order valence-electron chi connectivity index (χ4n) is 2.69. The highest BCUT2D eigenvalue weighted by molar-refractivity contribution is 8.13. The number of nitrogens with zero attached hydrogens (tertiary/aromatic N) is 2. The smallest absolute Gasteiger partial charge is 0.410 e. The van der Waals surface area contributed by atoms with E-state index in [4.69, 9.17) is 4.74 Å². The molecule has 5 nitrogen and oxygen atoms in total. The number of aromatic nitrogens is 1. The number of likely N-dealkylation sites (tertiary alicyclic amines) is 1. The average molecular weight is 365 g/mol. The molecule has 0 radical (unpaired) electrons. The summed E-state index contributed by atoms with van der Waals surface area (Å²) in [4.78, 5) is 29.9. The van der Waals surface area contributed by atoms with Crippen LogP contribution in [0, 0.1) is 5.92 Å². The van der Waals surface area contributed by atoms with Gasteiger partial charge in [0.05, 0.1) is 0 Å². The second-order valence-corrected chi connectivity index (χ2v) is 8.53. The Labute approximate surface area is 154 Å². The van der Waals surface area contributed by atoms with Gasteiger partial charge in [0, 0.05) is 37.7 Å². The van der Waals surface area contributed by atoms with E-state index in [1.165, 1.54) is 11.8 Å². The first kappa shape index (κ1) is 19.8. The van der Waals surface area contributed by atoms with Gasteiger partial charge in [-0.25, -0.2) is 4.79 Å². The highest BCUT2D eigenvalue weighted by atomic mass is 32.2. The van der Waals surface area contributed by atoms with Crippen molar-refractivity contribution in [2.75, 3.05) is 18.8 Å². The van der Waals surface area contributed by atoms with Gasteiger partial charge >= 0.3 is 6.09 Å². The van der Waals surface area contributed by atoms with Crippen LogP contribution in [0.15, 0.2) is 24.5 Å². The number of ether oxygens (including phenoxy) is 1. The number of hydrogen-bond donors (Lipinski definition) is 0. The summed E-state index contributed by atoms with van der Waals surface area (Å²) in [5.74, 6) is 1.34. The van der Waals surface area contributed by atoms with Crippen LogP contribution in [0.1, 0.15) is 45.6 Å². The number of hydrogen-bond acceptors (Lipinski definition) is 5. The van der Waals surface area contributed by atoms with Gasteiger partial charge in [0.2, 0.25) is 0 Å². The molecule has 0 N–H and O–H groups in total. The van der Waals surface area contributed by atoms with Crippen LogP contribution in [0.3, 0.4) is 0 Å². The highest BCUT2D eigenvalue weighted by Crippen LogP contribution is 2.24. The molecule has 1 fully saturated rings. The third-order valence-electron chi connectivity index (χ3n) is 4.11. The lowest BCUT2D eigenvalue weighted by Crippen LogP contribution is -2.42. The molecule has 138 valence electrons. The fourth-order valence-corrected chi connectivity index (χ4v) is 3.69. The summed E-state index contributed by atoms with van der Waals surface area (Å²) in [6.07, 6.45) is 6.48. The van der Waals surface area contributed by atoms with Crippen LogP contribution in [-0.4, -0.2) is 45.5 Å². The molecule has 6 heteroatoms. The maximum atomic E-state index is 12.1. The van der Waals surface area contributed by atoms with Crippen molar-refractivity contribution in [1.82, 2.24) is 9.88 Å². The van der Waals surface area contributed by atoms with Crippen LogP contribution in [0.5, 0.6) is 0 Å². The van der Waals surface area contributed by atoms with Gasteiger partial charge in [-0.3, -0.25) is 9.78 Å². The van der Waals surface area contributed by atoms with Crippen molar-refractivity contribution in [1.29, 1.82) is 0 Å². The van der Waals surface area contributed by atoms with E-state index < -0.39 is 5.60 Å². The summed E-state index contributed by atoms with van der Waals surface area (Å²) >= 11 is 1.43. The number of rotatable bonds is 5. The summed E-state index contributed by atoms with van der Waals surface area (Å²) in [5.41, 5.74) is 0.694. The number of pyridine rings is 1. The lowest BCUT2D eigenvalue weighted by molar-refractivity contribution is -0.111. The van der Waals surface area contributed by atoms with Crippen molar-refractivity contribution in [2.45, 2.75) is 52.1 Å². The minimum absolute atomic E-state index is 0.230. The third-order valence-corrected chi connectivity index (χ3v) is 5.28. The second kappa shape index (κ2) is 9.22. The van der Waals surface area contributed by atoms with Crippen LogP contribution >= 0.6 is 11.8 Å². The molecule has 0 unspecified atom stereocenters. The minimum Gasteiger partial charge on any atom is -0.444 e. The summed E-state index contributed by atoms with van der Waals surface area (Å²) in [6, 6.07) is 3.90. The van der Waals surface area contributed by atoms with Gasteiger partial charge in [-0.05, 0) is 63.6 Å².